The molecule has 0 bridgehead atoms. The summed E-state index contributed by atoms with van der Waals surface area (Å²) in [5.74, 6) is 0.226. The minimum Gasteiger partial charge on any atom is -0.390 e. The van der Waals surface area contributed by atoms with Crippen LogP contribution in [0.1, 0.15) is 76.0 Å². The van der Waals surface area contributed by atoms with Crippen molar-refractivity contribution in [1.29, 1.82) is 0 Å². The fraction of sp³-hybridized carbons (Fsp3) is 0.409. The van der Waals surface area contributed by atoms with Gasteiger partial charge in [-0.25, -0.2) is 4.79 Å². The van der Waals surface area contributed by atoms with Crippen LogP contribution in [0.5, 0.6) is 0 Å². The first-order valence-corrected chi connectivity index (χ1v) is 9.01. The van der Waals surface area contributed by atoms with E-state index in [-0.39, 0.29) is 5.92 Å². The highest BCUT2D eigenvalue weighted by molar-refractivity contribution is 5.95. The van der Waals surface area contributed by atoms with Crippen molar-refractivity contribution in [2.75, 3.05) is 0 Å². The second-order valence-electron chi connectivity index (χ2n) is 7.56. The summed E-state index contributed by atoms with van der Waals surface area (Å²) in [6.45, 7) is 13.1. The minimum atomic E-state index is -0.635. The Balaban J connectivity index is 2.60. The van der Waals surface area contributed by atoms with Gasteiger partial charge >= 0.3 is 5.82 Å². The lowest BCUT2D eigenvalue weighted by atomic mass is 9.78. The number of fused-ring (bicyclic) bond motifs is 1. The summed E-state index contributed by atoms with van der Waals surface area (Å²) in [6.07, 6.45) is 0. The van der Waals surface area contributed by atoms with Crippen molar-refractivity contribution in [2.45, 2.75) is 59.3 Å². The lowest BCUT2D eigenvalue weighted by Crippen LogP contribution is -2.08. The summed E-state index contributed by atoms with van der Waals surface area (Å²) < 4.78 is 11.1. The molecule has 2 aromatic carbocycles. The van der Waals surface area contributed by atoms with Crippen molar-refractivity contribution >= 4 is 11.2 Å². The zero-order valence-electron chi connectivity index (χ0n) is 15.8. The van der Waals surface area contributed by atoms with E-state index in [1.165, 1.54) is 11.1 Å². The van der Waals surface area contributed by atoms with Gasteiger partial charge in [0, 0.05) is 11.1 Å². The highest BCUT2D eigenvalue weighted by Gasteiger charge is 2.28. The second-order valence-corrected chi connectivity index (χ2v) is 7.56. The minimum absolute atomic E-state index is 0.239. The van der Waals surface area contributed by atoms with Gasteiger partial charge in [-0.05, 0) is 34.4 Å². The van der Waals surface area contributed by atoms with E-state index in [0.717, 1.165) is 16.7 Å². The van der Waals surface area contributed by atoms with Gasteiger partial charge in [-0.15, -0.1) is 0 Å². The molecule has 0 fully saturated rings. The molecule has 3 rings (SSSR count). The molecule has 0 unspecified atom stereocenters. The van der Waals surface area contributed by atoms with Crippen molar-refractivity contribution in [3.05, 3.63) is 57.6 Å². The molecular formula is C22H26O3. The SMILES string of the molecule is CC(C)c1c(C(C)C)c(C(C)C)c2oc(=O)oc2c1-c1ccccc1. The van der Waals surface area contributed by atoms with Gasteiger partial charge in [-0.2, -0.15) is 0 Å². The number of benzene rings is 2. The summed E-state index contributed by atoms with van der Waals surface area (Å²) in [4.78, 5) is 12.0. The van der Waals surface area contributed by atoms with Gasteiger partial charge in [0.05, 0.1) is 0 Å². The molecule has 0 spiro atoms. The van der Waals surface area contributed by atoms with Crippen molar-refractivity contribution in [1.82, 2.24) is 0 Å². The maximum atomic E-state index is 12.0. The third-order valence-electron chi connectivity index (χ3n) is 4.69. The van der Waals surface area contributed by atoms with Gasteiger partial charge in [-0.1, -0.05) is 71.9 Å². The molecule has 0 saturated heterocycles. The van der Waals surface area contributed by atoms with Crippen LogP contribution >= 0.6 is 0 Å². The fourth-order valence-electron chi connectivity index (χ4n) is 3.83. The Morgan fingerprint density at radius 1 is 0.680 bits per heavy atom. The normalized spacial score (nSPS) is 12.0. The lowest BCUT2D eigenvalue weighted by molar-refractivity contribution is 0.408. The summed E-state index contributed by atoms with van der Waals surface area (Å²) in [7, 11) is 0. The first kappa shape index (κ1) is 17.5. The van der Waals surface area contributed by atoms with Crippen LogP contribution in [0.15, 0.2) is 44.0 Å². The Labute approximate surface area is 148 Å². The topological polar surface area (TPSA) is 43.4 Å². The van der Waals surface area contributed by atoms with Gasteiger partial charge in [0.1, 0.15) is 0 Å². The average molecular weight is 338 g/mol. The Morgan fingerprint density at radius 2 is 1.20 bits per heavy atom. The largest absolute Gasteiger partial charge is 0.519 e. The predicted molar refractivity (Wildman–Crippen MR) is 102 cm³/mol. The van der Waals surface area contributed by atoms with E-state index in [9.17, 15) is 4.79 Å². The van der Waals surface area contributed by atoms with Crippen molar-refractivity contribution in [2.24, 2.45) is 0 Å². The Kier molecular flexibility index (Phi) is 4.59. The molecule has 0 N–H and O–H groups in total. The predicted octanol–water partition coefficient (Wildman–Crippen LogP) is 6.42. The zero-order chi connectivity index (χ0) is 18.3. The van der Waals surface area contributed by atoms with Gasteiger partial charge < -0.3 is 8.83 Å². The number of hydrogen-bond acceptors (Lipinski definition) is 3. The molecule has 132 valence electrons. The molecular weight excluding hydrogens is 312 g/mol. The highest BCUT2D eigenvalue weighted by Crippen LogP contribution is 2.45. The van der Waals surface area contributed by atoms with E-state index in [1.807, 2.05) is 18.2 Å². The molecule has 0 saturated carbocycles. The average Bonchev–Trinajstić information content (AvgIpc) is 2.93. The van der Waals surface area contributed by atoms with Gasteiger partial charge in [-0.3, -0.25) is 0 Å². The van der Waals surface area contributed by atoms with Gasteiger partial charge in [0.2, 0.25) is 0 Å². The lowest BCUT2D eigenvalue weighted by Gasteiger charge is -2.25. The molecule has 3 heteroatoms. The molecule has 0 radical (unpaired) electrons. The number of rotatable bonds is 4. The first-order chi connectivity index (χ1) is 11.8. The molecule has 1 aromatic heterocycles. The summed E-state index contributed by atoms with van der Waals surface area (Å²) in [5.41, 5.74) is 6.85. The van der Waals surface area contributed by atoms with Crippen LogP contribution in [0, 0.1) is 0 Å². The van der Waals surface area contributed by atoms with Crippen molar-refractivity contribution < 1.29 is 8.83 Å². The molecule has 3 aromatic rings. The van der Waals surface area contributed by atoms with Crippen LogP contribution in [0.25, 0.3) is 22.3 Å². The third kappa shape index (κ3) is 2.92. The standard InChI is InChI=1S/C22H26O3/c1-12(2)16-17(13(3)4)19(15-10-8-7-9-11-15)21-20(18(16)14(5)6)24-22(23)25-21/h7-14H,1-6H3. The Bertz CT molecular complexity index is 941. The van der Waals surface area contributed by atoms with E-state index in [0.29, 0.717) is 23.0 Å². The smallest absolute Gasteiger partial charge is 0.390 e. The van der Waals surface area contributed by atoms with E-state index < -0.39 is 5.82 Å². The zero-order valence-corrected chi connectivity index (χ0v) is 15.8. The van der Waals surface area contributed by atoms with Crippen molar-refractivity contribution in [3.63, 3.8) is 0 Å². The summed E-state index contributed by atoms with van der Waals surface area (Å²) in [5, 5.41) is 0. The maximum absolute atomic E-state index is 12.0. The molecule has 0 aliphatic rings. The van der Waals surface area contributed by atoms with Crippen molar-refractivity contribution in [3.8, 4) is 11.1 Å². The maximum Gasteiger partial charge on any atom is 0.519 e. The van der Waals surface area contributed by atoms with Crippen LogP contribution in [-0.4, -0.2) is 0 Å². The Hall–Kier alpha value is -2.29. The molecule has 0 aliphatic heterocycles. The second kappa shape index (κ2) is 6.55. The van der Waals surface area contributed by atoms with Crippen LogP contribution in [0.2, 0.25) is 0 Å². The van der Waals surface area contributed by atoms with E-state index >= 15 is 0 Å². The summed E-state index contributed by atoms with van der Waals surface area (Å²) >= 11 is 0. The molecule has 25 heavy (non-hydrogen) atoms. The van der Waals surface area contributed by atoms with Crippen LogP contribution in [0.4, 0.5) is 0 Å². The molecule has 0 atom stereocenters. The monoisotopic (exact) mass is 338 g/mol. The van der Waals surface area contributed by atoms with E-state index in [2.05, 4.69) is 53.7 Å². The summed E-state index contributed by atoms with van der Waals surface area (Å²) in [6, 6.07) is 10.1. The van der Waals surface area contributed by atoms with Crippen LogP contribution in [-0.2, 0) is 0 Å². The van der Waals surface area contributed by atoms with Crippen LogP contribution in [0.3, 0.4) is 0 Å². The molecule has 1 heterocycles. The molecule has 3 nitrogen and oxygen atoms in total. The highest BCUT2D eigenvalue weighted by atomic mass is 16.6. The Morgan fingerprint density at radius 3 is 1.72 bits per heavy atom. The first-order valence-electron chi connectivity index (χ1n) is 9.01. The van der Waals surface area contributed by atoms with Gasteiger partial charge in [0.25, 0.3) is 0 Å². The van der Waals surface area contributed by atoms with Gasteiger partial charge in [0.15, 0.2) is 11.2 Å². The third-order valence-corrected chi connectivity index (χ3v) is 4.69. The fourth-order valence-corrected chi connectivity index (χ4v) is 3.83. The van der Waals surface area contributed by atoms with E-state index in [1.54, 1.807) is 0 Å². The van der Waals surface area contributed by atoms with E-state index in [4.69, 9.17) is 8.83 Å². The number of hydrogen-bond donors (Lipinski definition) is 0. The molecule has 0 amide bonds. The quantitative estimate of drug-likeness (QED) is 0.551. The molecule has 0 aliphatic carbocycles. The van der Waals surface area contributed by atoms with Crippen LogP contribution < -0.4 is 5.82 Å².